The summed E-state index contributed by atoms with van der Waals surface area (Å²) in [5.41, 5.74) is -0.147. The smallest absolute Gasteiger partial charge is 0.293 e. The summed E-state index contributed by atoms with van der Waals surface area (Å²) < 4.78 is 5.57. The van der Waals surface area contributed by atoms with Crippen molar-refractivity contribution in [3.05, 3.63) is 0 Å². The van der Waals surface area contributed by atoms with Crippen LogP contribution in [0.25, 0.3) is 0 Å². The van der Waals surface area contributed by atoms with Gasteiger partial charge in [0.1, 0.15) is 5.60 Å². The molecule has 0 radical (unpaired) electrons. The van der Waals surface area contributed by atoms with Gasteiger partial charge in [0.2, 0.25) is 0 Å². The van der Waals surface area contributed by atoms with E-state index < -0.39 is 0 Å². The zero-order valence-corrected chi connectivity index (χ0v) is 10.8. The highest BCUT2D eigenvalue weighted by Gasteiger charge is 2.39. The van der Waals surface area contributed by atoms with Crippen LogP contribution in [0.4, 0.5) is 0 Å². The van der Waals surface area contributed by atoms with E-state index >= 15 is 0 Å². The Labute approximate surface area is 99.8 Å². The van der Waals surface area contributed by atoms with Gasteiger partial charge in [-0.1, -0.05) is 46.0 Å². The first-order valence-corrected chi connectivity index (χ1v) is 6.90. The van der Waals surface area contributed by atoms with Crippen LogP contribution in [-0.4, -0.2) is 12.1 Å². The summed E-state index contributed by atoms with van der Waals surface area (Å²) in [6.45, 7) is 5.04. The second-order valence-corrected chi connectivity index (χ2v) is 5.11. The number of hydrogen-bond donors (Lipinski definition) is 0. The number of carbonyl (C=O) groups excluding carboxylic acids is 1. The molecule has 1 saturated carbocycles. The molecule has 0 aromatic rings. The maximum absolute atomic E-state index is 10.8. The van der Waals surface area contributed by atoms with Crippen molar-refractivity contribution in [1.29, 1.82) is 0 Å². The Morgan fingerprint density at radius 1 is 1.12 bits per heavy atom. The molecule has 0 unspecified atom stereocenters. The van der Waals surface area contributed by atoms with Crippen LogP contribution in [0.5, 0.6) is 0 Å². The van der Waals surface area contributed by atoms with Gasteiger partial charge in [-0.25, -0.2) is 0 Å². The van der Waals surface area contributed by atoms with Crippen molar-refractivity contribution in [2.24, 2.45) is 5.92 Å². The Morgan fingerprint density at radius 3 is 2.12 bits per heavy atom. The third kappa shape index (κ3) is 3.23. The highest BCUT2D eigenvalue weighted by atomic mass is 16.5. The zero-order chi connectivity index (χ0) is 11.9. The molecule has 0 amide bonds. The molecule has 0 bridgehead atoms. The predicted molar refractivity (Wildman–Crippen MR) is 66.3 cm³/mol. The lowest BCUT2D eigenvalue weighted by Gasteiger charge is -2.41. The molecule has 0 heterocycles. The molecule has 0 saturated heterocycles. The van der Waals surface area contributed by atoms with Gasteiger partial charge in [-0.05, 0) is 31.6 Å². The molecule has 1 aliphatic rings. The van der Waals surface area contributed by atoms with E-state index in [4.69, 9.17) is 4.74 Å². The van der Waals surface area contributed by atoms with Crippen molar-refractivity contribution in [2.75, 3.05) is 0 Å². The molecule has 1 fully saturated rings. The Bertz CT molecular complexity index is 189. The molecular formula is C14H26O2. The van der Waals surface area contributed by atoms with Gasteiger partial charge in [0.15, 0.2) is 0 Å². The minimum atomic E-state index is -0.147. The summed E-state index contributed by atoms with van der Waals surface area (Å²) in [4.78, 5) is 10.8. The fourth-order valence-corrected chi connectivity index (χ4v) is 3.32. The highest BCUT2D eigenvalue weighted by molar-refractivity contribution is 5.38. The topological polar surface area (TPSA) is 26.3 Å². The lowest BCUT2D eigenvalue weighted by atomic mass is 9.72. The molecule has 94 valence electrons. The van der Waals surface area contributed by atoms with Gasteiger partial charge in [0.05, 0.1) is 0 Å². The SMILES string of the molecule is CCCC(CCC)(OC=O)C1CCCCC1. The fraction of sp³-hybridized carbons (Fsp3) is 0.929. The highest BCUT2D eigenvalue weighted by Crippen LogP contribution is 2.40. The minimum Gasteiger partial charge on any atom is -0.461 e. The zero-order valence-electron chi connectivity index (χ0n) is 10.8. The molecule has 0 aromatic heterocycles. The summed E-state index contributed by atoms with van der Waals surface area (Å²) in [5, 5.41) is 0. The Morgan fingerprint density at radius 2 is 1.69 bits per heavy atom. The van der Waals surface area contributed by atoms with Gasteiger partial charge in [-0.15, -0.1) is 0 Å². The molecule has 0 atom stereocenters. The molecule has 16 heavy (non-hydrogen) atoms. The van der Waals surface area contributed by atoms with Gasteiger partial charge in [0.25, 0.3) is 6.47 Å². The third-order valence-corrected chi connectivity index (χ3v) is 3.98. The standard InChI is InChI=1S/C14H26O2/c1-3-10-14(11-4-2,16-12-15)13-8-6-5-7-9-13/h12-13H,3-11H2,1-2H3. The van der Waals surface area contributed by atoms with E-state index in [2.05, 4.69) is 13.8 Å². The average molecular weight is 226 g/mol. The molecule has 2 nitrogen and oxygen atoms in total. The monoisotopic (exact) mass is 226 g/mol. The minimum absolute atomic E-state index is 0.147. The van der Waals surface area contributed by atoms with Crippen LogP contribution in [0.15, 0.2) is 0 Å². The average Bonchev–Trinajstić information content (AvgIpc) is 2.31. The van der Waals surface area contributed by atoms with Gasteiger partial charge in [-0.3, -0.25) is 4.79 Å². The molecule has 1 aliphatic carbocycles. The molecular weight excluding hydrogens is 200 g/mol. The summed E-state index contributed by atoms with van der Waals surface area (Å²) in [6.07, 6.45) is 10.7. The number of rotatable bonds is 7. The number of hydrogen-bond acceptors (Lipinski definition) is 2. The van der Waals surface area contributed by atoms with Crippen molar-refractivity contribution in [3.63, 3.8) is 0 Å². The summed E-state index contributed by atoms with van der Waals surface area (Å²) in [7, 11) is 0. The van der Waals surface area contributed by atoms with E-state index in [1.165, 1.54) is 32.1 Å². The van der Waals surface area contributed by atoms with Crippen molar-refractivity contribution in [3.8, 4) is 0 Å². The van der Waals surface area contributed by atoms with Crippen LogP contribution in [0, 0.1) is 5.92 Å². The molecule has 0 aliphatic heterocycles. The van der Waals surface area contributed by atoms with Crippen molar-refractivity contribution in [1.82, 2.24) is 0 Å². The maximum Gasteiger partial charge on any atom is 0.293 e. The Balaban J connectivity index is 2.74. The third-order valence-electron chi connectivity index (χ3n) is 3.98. The van der Waals surface area contributed by atoms with Gasteiger partial charge >= 0.3 is 0 Å². The Hall–Kier alpha value is -0.530. The van der Waals surface area contributed by atoms with Crippen LogP contribution in [0.3, 0.4) is 0 Å². The van der Waals surface area contributed by atoms with Gasteiger partial charge in [-0.2, -0.15) is 0 Å². The number of ether oxygens (including phenoxy) is 1. The fourth-order valence-electron chi connectivity index (χ4n) is 3.32. The van der Waals surface area contributed by atoms with E-state index in [9.17, 15) is 4.79 Å². The molecule has 0 N–H and O–H groups in total. The lowest BCUT2D eigenvalue weighted by Crippen LogP contribution is -2.41. The first-order valence-electron chi connectivity index (χ1n) is 6.90. The van der Waals surface area contributed by atoms with E-state index in [1.54, 1.807) is 0 Å². The van der Waals surface area contributed by atoms with E-state index in [0.717, 1.165) is 25.7 Å². The quantitative estimate of drug-likeness (QED) is 0.611. The van der Waals surface area contributed by atoms with Gasteiger partial charge < -0.3 is 4.74 Å². The second kappa shape index (κ2) is 6.93. The second-order valence-electron chi connectivity index (χ2n) is 5.11. The Kier molecular flexibility index (Phi) is 5.86. The lowest BCUT2D eigenvalue weighted by molar-refractivity contribution is -0.154. The predicted octanol–water partition coefficient (Wildman–Crippen LogP) is 4.08. The molecule has 2 heteroatoms. The summed E-state index contributed by atoms with van der Waals surface area (Å²) in [6, 6.07) is 0. The van der Waals surface area contributed by atoms with E-state index in [-0.39, 0.29) is 5.60 Å². The molecule has 1 rings (SSSR count). The molecule has 0 spiro atoms. The maximum atomic E-state index is 10.8. The van der Waals surface area contributed by atoms with Crippen LogP contribution in [0.1, 0.15) is 71.6 Å². The van der Waals surface area contributed by atoms with Gasteiger partial charge in [0, 0.05) is 0 Å². The van der Waals surface area contributed by atoms with E-state index in [0.29, 0.717) is 12.4 Å². The van der Waals surface area contributed by atoms with Crippen LogP contribution >= 0.6 is 0 Å². The normalized spacial score (nSPS) is 18.4. The van der Waals surface area contributed by atoms with Crippen molar-refractivity contribution >= 4 is 6.47 Å². The van der Waals surface area contributed by atoms with Crippen LogP contribution < -0.4 is 0 Å². The summed E-state index contributed by atoms with van der Waals surface area (Å²) >= 11 is 0. The summed E-state index contributed by atoms with van der Waals surface area (Å²) in [5.74, 6) is 0.603. The number of carbonyl (C=O) groups is 1. The first-order chi connectivity index (χ1) is 7.79. The van der Waals surface area contributed by atoms with E-state index in [1.807, 2.05) is 0 Å². The molecule has 0 aromatic carbocycles. The largest absolute Gasteiger partial charge is 0.461 e. The van der Waals surface area contributed by atoms with Crippen LogP contribution in [0.2, 0.25) is 0 Å². The first kappa shape index (κ1) is 13.5. The van der Waals surface area contributed by atoms with Crippen LogP contribution in [-0.2, 0) is 9.53 Å². The van der Waals surface area contributed by atoms with Crippen molar-refractivity contribution in [2.45, 2.75) is 77.2 Å². The van der Waals surface area contributed by atoms with Crippen molar-refractivity contribution < 1.29 is 9.53 Å².